The summed E-state index contributed by atoms with van der Waals surface area (Å²) in [4.78, 5) is 24.1. The van der Waals surface area contributed by atoms with Gasteiger partial charge >= 0.3 is 11.9 Å². The van der Waals surface area contributed by atoms with Crippen molar-refractivity contribution in [2.45, 2.75) is 26.4 Å². The highest BCUT2D eigenvalue weighted by Gasteiger charge is 2.36. The zero-order chi connectivity index (χ0) is 23.3. The van der Waals surface area contributed by atoms with E-state index >= 15 is 0 Å². The first-order valence-corrected chi connectivity index (χ1v) is 9.74. The molecule has 9 heteroatoms. The number of rotatable bonds is 7. The zero-order valence-electron chi connectivity index (χ0n) is 17.8. The fourth-order valence-corrected chi connectivity index (χ4v) is 3.29. The lowest BCUT2D eigenvalue weighted by Gasteiger charge is -2.27. The van der Waals surface area contributed by atoms with Gasteiger partial charge in [-0.3, -0.25) is 0 Å². The van der Waals surface area contributed by atoms with E-state index < -0.39 is 17.9 Å². The Morgan fingerprint density at radius 3 is 2.69 bits per heavy atom. The number of carbonyl (C=O) groups excluding carboxylic acids is 2. The van der Waals surface area contributed by atoms with Crippen LogP contribution < -0.4 is 10.5 Å². The fraction of sp³-hybridized carbons (Fsp3) is 0.261. The molecule has 1 aliphatic rings. The molecule has 9 nitrogen and oxygen atoms in total. The molecule has 0 fully saturated rings. The van der Waals surface area contributed by atoms with Gasteiger partial charge in [0.1, 0.15) is 35.5 Å². The lowest BCUT2D eigenvalue weighted by Crippen LogP contribution is -2.25. The number of allylic oxidation sites excluding steroid dienone is 2. The molecule has 1 aliphatic heterocycles. The van der Waals surface area contributed by atoms with Crippen LogP contribution in [0, 0.1) is 11.3 Å². The molecule has 1 atom stereocenters. The summed E-state index contributed by atoms with van der Waals surface area (Å²) in [6.45, 7) is 3.51. The van der Waals surface area contributed by atoms with Crippen LogP contribution in [0.2, 0.25) is 0 Å². The molecule has 1 aromatic heterocycles. The molecule has 2 aromatic rings. The third kappa shape index (κ3) is 4.59. The molecule has 2 N–H and O–H groups in total. The molecular formula is C23H22N2O7. The Bertz CT molecular complexity index is 1140. The van der Waals surface area contributed by atoms with Crippen LogP contribution in [0.15, 0.2) is 63.6 Å². The maximum atomic E-state index is 12.6. The first kappa shape index (κ1) is 22.5. The quantitative estimate of drug-likeness (QED) is 0.646. The van der Waals surface area contributed by atoms with Gasteiger partial charge in [-0.15, -0.1) is 0 Å². The van der Waals surface area contributed by atoms with Gasteiger partial charge in [0.25, 0.3) is 0 Å². The lowest BCUT2D eigenvalue weighted by molar-refractivity contribution is -0.139. The second kappa shape index (κ2) is 9.75. The summed E-state index contributed by atoms with van der Waals surface area (Å²) in [7, 11) is 1.26. The van der Waals surface area contributed by atoms with Gasteiger partial charge in [0, 0.05) is 0 Å². The summed E-state index contributed by atoms with van der Waals surface area (Å²) in [5.41, 5.74) is 6.82. The molecule has 1 unspecified atom stereocenters. The number of methoxy groups -OCH3 is 1. The van der Waals surface area contributed by atoms with E-state index in [9.17, 15) is 14.9 Å². The first-order chi connectivity index (χ1) is 15.4. The minimum atomic E-state index is -0.772. The Hall–Kier alpha value is -4.19. The molecule has 2 heterocycles. The van der Waals surface area contributed by atoms with Gasteiger partial charge in [0.15, 0.2) is 0 Å². The molecule has 1 aromatic carbocycles. The molecule has 0 bridgehead atoms. The number of hydrogen-bond acceptors (Lipinski definition) is 9. The molecular weight excluding hydrogens is 416 g/mol. The summed E-state index contributed by atoms with van der Waals surface area (Å²) in [5.74, 6) is -0.796. The van der Waals surface area contributed by atoms with Crippen LogP contribution in [0.1, 0.15) is 41.6 Å². The van der Waals surface area contributed by atoms with Gasteiger partial charge < -0.3 is 29.1 Å². The van der Waals surface area contributed by atoms with Crippen LogP contribution in [0.5, 0.6) is 5.75 Å². The van der Waals surface area contributed by atoms with Crippen molar-refractivity contribution in [1.82, 2.24) is 0 Å². The number of benzene rings is 1. The predicted octanol–water partition coefficient (Wildman–Crippen LogP) is 3.29. The fourth-order valence-electron chi connectivity index (χ4n) is 3.29. The van der Waals surface area contributed by atoms with E-state index in [0.717, 1.165) is 0 Å². The maximum absolute atomic E-state index is 12.6. The van der Waals surface area contributed by atoms with Gasteiger partial charge in [-0.05, 0) is 43.7 Å². The normalized spacial score (nSPS) is 15.6. The number of nitrogens with two attached hydrogens (primary N) is 1. The average Bonchev–Trinajstić information content (AvgIpc) is 3.26. The van der Waals surface area contributed by atoms with Crippen molar-refractivity contribution in [3.05, 3.63) is 76.3 Å². The smallest absolute Gasteiger partial charge is 0.373 e. The SMILES string of the molecule is CCOC(=O)C1=C(C)OC(N)=C(C#N)C1c1cccc(OCc2ccc(C(=O)OC)o2)c1. The molecule has 0 radical (unpaired) electrons. The van der Waals surface area contributed by atoms with Crippen LogP contribution in [0.4, 0.5) is 0 Å². The van der Waals surface area contributed by atoms with Crippen molar-refractivity contribution in [2.75, 3.05) is 13.7 Å². The molecule has 3 rings (SSSR count). The highest BCUT2D eigenvalue weighted by molar-refractivity contribution is 5.92. The molecule has 0 saturated heterocycles. The summed E-state index contributed by atoms with van der Waals surface area (Å²) in [5, 5.41) is 9.67. The number of hydrogen-bond donors (Lipinski definition) is 1. The second-order valence-corrected chi connectivity index (χ2v) is 6.73. The summed E-state index contributed by atoms with van der Waals surface area (Å²) in [6, 6.07) is 12.0. The van der Waals surface area contributed by atoms with Crippen LogP contribution in [-0.4, -0.2) is 25.7 Å². The number of carbonyl (C=O) groups is 2. The Labute approximate surface area is 184 Å². The standard InChI is InChI=1S/C23H22N2O7/c1-4-29-23(27)19-13(2)31-21(25)17(11-24)20(19)14-6-5-7-15(10-14)30-12-16-8-9-18(32-16)22(26)28-3/h5-10,20H,4,12,25H2,1-3H3. The minimum absolute atomic E-state index is 0.0525. The van der Waals surface area contributed by atoms with Crippen molar-refractivity contribution in [3.63, 3.8) is 0 Å². The highest BCUT2D eigenvalue weighted by atomic mass is 16.5. The van der Waals surface area contributed by atoms with Gasteiger partial charge in [0.05, 0.1) is 25.2 Å². The van der Waals surface area contributed by atoms with Gasteiger partial charge in [0.2, 0.25) is 11.6 Å². The van der Waals surface area contributed by atoms with Crippen molar-refractivity contribution in [1.29, 1.82) is 5.26 Å². The van der Waals surface area contributed by atoms with Gasteiger partial charge in [-0.25, -0.2) is 9.59 Å². The van der Waals surface area contributed by atoms with Crippen molar-refractivity contribution < 1.29 is 33.0 Å². The summed E-state index contributed by atoms with van der Waals surface area (Å²) < 4.78 is 26.4. The number of nitrogens with zero attached hydrogens (tertiary/aromatic N) is 1. The molecule has 166 valence electrons. The van der Waals surface area contributed by atoms with Crippen LogP contribution in [0.3, 0.4) is 0 Å². The Morgan fingerprint density at radius 1 is 1.22 bits per heavy atom. The maximum Gasteiger partial charge on any atom is 0.373 e. The van der Waals surface area contributed by atoms with Crippen molar-refractivity contribution >= 4 is 11.9 Å². The van der Waals surface area contributed by atoms with E-state index in [1.165, 1.54) is 13.2 Å². The average molecular weight is 438 g/mol. The summed E-state index contributed by atoms with van der Waals surface area (Å²) in [6.07, 6.45) is 0. The van der Waals surface area contributed by atoms with E-state index in [2.05, 4.69) is 4.74 Å². The molecule has 32 heavy (non-hydrogen) atoms. The first-order valence-electron chi connectivity index (χ1n) is 9.74. The predicted molar refractivity (Wildman–Crippen MR) is 111 cm³/mol. The van der Waals surface area contributed by atoms with Gasteiger partial charge in [-0.1, -0.05) is 12.1 Å². The Kier molecular flexibility index (Phi) is 6.85. The lowest BCUT2D eigenvalue weighted by atomic mass is 9.83. The van der Waals surface area contributed by atoms with Crippen LogP contribution >= 0.6 is 0 Å². The van der Waals surface area contributed by atoms with Crippen molar-refractivity contribution in [3.8, 4) is 11.8 Å². The Morgan fingerprint density at radius 2 is 2.00 bits per heavy atom. The van der Waals surface area contributed by atoms with E-state index in [1.54, 1.807) is 44.2 Å². The molecule has 0 spiro atoms. The van der Waals surface area contributed by atoms with Crippen LogP contribution in [0.25, 0.3) is 0 Å². The number of ether oxygens (including phenoxy) is 4. The highest BCUT2D eigenvalue weighted by Crippen LogP contribution is 2.40. The van der Waals surface area contributed by atoms with E-state index in [0.29, 0.717) is 17.1 Å². The minimum Gasteiger partial charge on any atom is -0.486 e. The number of furan rings is 1. The third-order valence-electron chi connectivity index (χ3n) is 4.72. The summed E-state index contributed by atoms with van der Waals surface area (Å²) >= 11 is 0. The number of esters is 2. The molecule has 0 saturated carbocycles. The Balaban J connectivity index is 1.89. The van der Waals surface area contributed by atoms with Crippen LogP contribution in [-0.2, 0) is 25.6 Å². The van der Waals surface area contributed by atoms with E-state index in [4.69, 9.17) is 24.4 Å². The van der Waals surface area contributed by atoms with Gasteiger partial charge in [-0.2, -0.15) is 5.26 Å². The van der Waals surface area contributed by atoms with E-state index in [1.807, 2.05) is 6.07 Å². The second-order valence-electron chi connectivity index (χ2n) is 6.73. The number of nitriles is 1. The monoisotopic (exact) mass is 438 g/mol. The third-order valence-corrected chi connectivity index (χ3v) is 4.72. The van der Waals surface area contributed by atoms with Crippen molar-refractivity contribution in [2.24, 2.45) is 5.73 Å². The topological polar surface area (TPSA) is 134 Å². The zero-order valence-corrected chi connectivity index (χ0v) is 17.8. The molecule has 0 aliphatic carbocycles. The van der Waals surface area contributed by atoms with E-state index in [-0.39, 0.29) is 41.8 Å². The molecule has 0 amide bonds. The largest absolute Gasteiger partial charge is 0.486 e.